The average Bonchev–Trinajstić information content (AvgIpc) is 3.32. The van der Waals surface area contributed by atoms with E-state index in [1.807, 2.05) is 11.2 Å². The number of benzene rings is 1. The summed E-state index contributed by atoms with van der Waals surface area (Å²) in [5.41, 5.74) is 2.93. The van der Waals surface area contributed by atoms with Crippen molar-refractivity contribution in [2.24, 2.45) is 5.92 Å². The lowest BCUT2D eigenvalue weighted by molar-refractivity contribution is -0.129. The standard InChI is InChI=1S/C28H39F2N5O3S/c1-20(36)33-12-8-28-27(18-33)31-19-35(28)25-5-9-32(10-6-25)11-7-26(22-15-23(29)17-24(30)16-22)21-3-13-34(14-4-21)39(2,37)38/h15-17,19,21,25-26H,3-14,18H2,1-2H3/t26-/m1/s1. The van der Waals surface area contributed by atoms with Crippen LogP contribution in [0, 0.1) is 17.6 Å². The van der Waals surface area contributed by atoms with Crippen LogP contribution < -0.4 is 0 Å². The molecule has 5 rings (SSSR count). The van der Waals surface area contributed by atoms with Gasteiger partial charge < -0.3 is 14.4 Å². The van der Waals surface area contributed by atoms with E-state index in [1.165, 1.54) is 28.4 Å². The number of amides is 1. The minimum atomic E-state index is -3.24. The van der Waals surface area contributed by atoms with Crippen molar-refractivity contribution in [2.75, 3.05) is 45.5 Å². The van der Waals surface area contributed by atoms with E-state index in [2.05, 4.69) is 14.5 Å². The number of nitrogens with zero attached hydrogens (tertiary/aromatic N) is 5. The lowest BCUT2D eigenvalue weighted by atomic mass is 9.78. The number of carbonyl (C=O) groups is 1. The molecule has 0 N–H and O–H groups in total. The third-order valence-electron chi connectivity index (χ3n) is 8.94. The zero-order valence-electron chi connectivity index (χ0n) is 22.9. The molecule has 1 aromatic heterocycles. The number of piperidine rings is 2. The molecule has 39 heavy (non-hydrogen) atoms. The molecule has 1 atom stereocenters. The van der Waals surface area contributed by atoms with E-state index < -0.39 is 21.7 Å². The number of halogens is 2. The Kier molecular flexibility index (Phi) is 8.40. The molecular formula is C28H39F2N5O3S. The van der Waals surface area contributed by atoms with Gasteiger partial charge in [-0.3, -0.25) is 4.79 Å². The number of aromatic nitrogens is 2. The summed E-state index contributed by atoms with van der Waals surface area (Å²) >= 11 is 0. The summed E-state index contributed by atoms with van der Waals surface area (Å²) in [5.74, 6) is -0.906. The second-order valence-corrected chi connectivity index (χ2v) is 13.4. The van der Waals surface area contributed by atoms with Gasteiger partial charge in [0, 0.05) is 63.9 Å². The molecule has 0 saturated carbocycles. The van der Waals surface area contributed by atoms with Crippen LogP contribution in [-0.2, 0) is 27.8 Å². The first-order valence-electron chi connectivity index (χ1n) is 14.0. The van der Waals surface area contributed by atoms with Gasteiger partial charge in [0.2, 0.25) is 15.9 Å². The van der Waals surface area contributed by atoms with Gasteiger partial charge >= 0.3 is 0 Å². The molecule has 0 spiro atoms. The lowest BCUT2D eigenvalue weighted by Gasteiger charge is -2.38. The van der Waals surface area contributed by atoms with Crippen molar-refractivity contribution in [3.05, 3.63) is 53.1 Å². The first-order valence-corrected chi connectivity index (χ1v) is 15.9. The van der Waals surface area contributed by atoms with E-state index in [0.717, 1.165) is 63.6 Å². The molecular weight excluding hydrogens is 524 g/mol. The van der Waals surface area contributed by atoms with Gasteiger partial charge in [-0.25, -0.2) is 26.5 Å². The highest BCUT2D eigenvalue weighted by Gasteiger charge is 2.32. The fraction of sp³-hybridized carbons (Fsp3) is 0.643. The third kappa shape index (κ3) is 6.52. The number of hydrogen-bond acceptors (Lipinski definition) is 5. The molecule has 2 fully saturated rings. The molecule has 214 valence electrons. The quantitative estimate of drug-likeness (QED) is 0.515. The van der Waals surface area contributed by atoms with Crippen LogP contribution >= 0.6 is 0 Å². The fourth-order valence-electron chi connectivity index (χ4n) is 6.73. The number of hydrogen-bond donors (Lipinski definition) is 0. The van der Waals surface area contributed by atoms with Crippen molar-refractivity contribution >= 4 is 15.9 Å². The Morgan fingerprint density at radius 2 is 1.69 bits per heavy atom. The predicted octanol–water partition coefficient (Wildman–Crippen LogP) is 3.55. The van der Waals surface area contributed by atoms with Crippen molar-refractivity contribution in [1.29, 1.82) is 0 Å². The van der Waals surface area contributed by atoms with Gasteiger partial charge in [-0.2, -0.15) is 0 Å². The Labute approximate surface area is 230 Å². The van der Waals surface area contributed by atoms with Gasteiger partial charge in [0.1, 0.15) is 11.6 Å². The fourth-order valence-corrected chi connectivity index (χ4v) is 7.61. The lowest BCUT2D eigenvalue weighted by Crippen LogP contribution is -2.40. The van der Waals surface area contributed by atoms with Gasteiger partial charge in [-0.15, -0.1) is 0 Å². The summed E-state index contributed by atoms with van der Waals surface area (Å²) in [6, 6.07) is 4.18. The number of rotatable bonds is 7. The predicted molar refractivity (Wildman–Crippen MR) is 145 cm³/mol. The SMILES string of the molecule is CC(=O)N1CCc2c(ncn2C2CCN(CC[C@@H](c3cc(F)cc(F)c3)C3CCN(S(C)(=O)=O)CC3)CC2)C1. The normalized spacial score (nSPS) is 21.2. The van der Waals surface area contributed by atoms with E-state index in [4.69, 9.17) is 0 Å². The van der Waals surface area contributed by atoms with E-state index in [1.54, 1.807) is 6.92 Å². The van der Waals surface area contributed by atoms with Gasteiger partial charge in [0.15, 0.2) is 0 Å². The number of sulfonamides is 1. The monoisotopic (exact) mass is 563 g/mol. The molecule has 2 aromatic rings. The van der Waals surface area contributed by atoms with Crippen LogP contribution in [0.3, 0.4) is 0 Å². The summed E-state index contributed by atoms with van der Waals surface area (Å²) in [6.07, 6.45) is 8.16. The van der Waals surface area contributed by atoms with Crippen molar-refractivity contribution in [3.63, 3.8) is 0 Å². The second-order valence-electron chi connectivity index (χ2n) is 11.4. The summed E-state index contributed by atoms with van der Waals surface area (Å²) in [4.78, 5) is 20.7. The molecule has 1 aromatic carbocycles. The summed E-state index contributed by atoms with van der Waals surface area (Å²) in [5, 5.41) is 0. The molecule has 0 unspecified atom stereocenters. The zero-order chi connectivity index (χ0) is 27.7. The van der Waals surface area contributed by atoms with Gasteiger partial charge in [-0.1, -0.05) is 0 Å². The molecule has 0 bridgehead atoms. The number of imidazole rings is 1. The molecule has 1 amide bonds. The highest BCUT2D eigenvalue weighted by atomic mass is 32.2. The molecule has 11 heteroatoms. The molecule has 8 nitrogen and oxygen atoms in total. The van der Waals surface area contributed by atoms with E-state index in [-0.39, 0.29) is 17.7 Å². The maximum atomic E-state index is 14.2. The summed E-state index contributed by atoms with van der Waals surface area (Å²) < 4.78 is 56.1. The number of carbonyl (C=O) groups excluding carboxylic acids is 1. The smallest absolute Gasteiger partial charge is 0.219 e. The topological polar surface area (TPSA) is 78.8 Å². The van der Waals surface area contributed by atoms with Crippen LogP contribution in [0.15, 0.2) is 24.5 Å². The molecule has 0 radical (unpaired) electrons. The van der Waals surface area contributed by atoms with Crippen molar-refractivity contribution < 1.29 is 22.0 Å². The average molecular weight is 564 g/mol. The van der Waals surface area contributed by atoms with Crippen LogP contribution in [0.2, 0.25) is 0 Å². The number of fused-ring (bicyclic) bond motifs is 1. The molecule has 2 saturated heterocycles. The highest BCUT2D eigenvalue weighted by Crippen LogP contribution is 2.37. The Bertz CT molecular complexity index is 1260. The van der Waals surface area contributed by atoms with Crippen LogP contribution in [0.1, 0.15) is 67.9 Å². The molecule has 3 aliphatic heterocycles. The summed E-state index contributed by atoms with van der Waals surface area (Å²) in [6.45, 7) is 6.52. The van der Waals surface area contributed by atoms with Crippen molar-refractivity contribution in [1.82, 2.24) is 23.7 Å². The Balaban J connectivity index is 1.21. The summed E-state index contributed by atoms with van der Waals surface area (Å²) in [7, 11) is -3.24. The van der Waals surface area contributed by atoms with Crippen LogP contribution in [-0.4, -0.2) is 83.5 Å². The van der Waals surface area contributed by atoms with Crippen LogP contribution in [0.25, 0.3) is 0 Å². The molecule has 0 aliphatic carbocycles. The first-order chi connectivity index (χ1) is 18.6. The Morgan fingerprint density at radius 1 is 1.03 bits per heavy atom. The van der Waals surface area contributed by atoms with Gasteiger partial charge in [0.25, 0.3) is 0 Å². The van der Waals surface area contributed by atoms with E-state index in [9.17, 15) is 22.0 Å². The maximum absolute atomic E-state index is 14.2. The minimum absolute atomic E-state index is 0.0282. The zero-order valence-corrected chi connectivity index (χ0v) is 23.7. The molecule has 3 aliphatic rings. The highest BCUT2D eigenvalue weighted by molar-refractivity contribution is 7.88. The van der Waals surface area contributed by atoms with Gasteiger partial charge in [-0.05, 0) is 68.2 Å². The second kappa shape index (κ2) is 11.6. The van der Waals surface area contributed by atoms with Crippen LogP contribution in [0.4, 0.5) is 8.78 Å². The Morgan fingerprint density at radius 3 is 2.31 bits per heavy atom. The van der Waals surface area contributed by atoms with Crippen molar-refractivity contribution in [3.8, 4) is 0 Å². The van der Waals surface area contributed by atoms with Crippen molar-refractivity contribution in [2.45, 2.75) is 64.0 Å². The molecule has 4 heterocycles. The van der Waals surface area contributed by atoms with Crippen LogP contribution in [0.5, 0.6) is 0 Å². The Hall–Kier alpha value is -2.37. The maximum Gasteiger partial charge on any atom is 0.219 e. The minimum Gasteiger partial charge on any atom is -0.337 e. The largest absolute Gasteiger partial charge is 0.337 e. The van der Waals surface area contributed by atoms with E-state index in [0.29, 0.717) is 44.1 Å². The van der Waals surface area contributed by atoms with Gasteiger partial charge in [0.05, 0.1) is 24.8 Å². The first kappa shape index (κ1) is 28.2. The number of likely N-dealkylation sites (tertiary alicyclic amines) is 1. The third-order valence-corrected chi connectivity index (χ3v) is 10.2. The van der Waals surface area contributed by atoms with E-state index >= 15 is 0 Å².